The van der Waals surface area contributed by atoms with E-state index in [1.807, 2.05) is 48.5 Å². The van der Waals surface area contributed by atoms with E-state index in [1.54, 1.807) is 31.0 Å². The molecule has 0 radical (unpaired) electrons. The van der Waals surface area contributed by atoms with Crippen LogP contribution >= 0.6 is 0 Å². The molecule has 0 aliphatic carbocycles. The zero-order chi connectivity index (χ0) is 23.2. The zero-order valence-electron chi connectivity index (χ0n) is 18.5. The van der Waals surface area contributed by atoms with E-state index in [2.05, 4.69) is 15.4 Å². The van der Waals surface area contributed by atoms with Gasteiger partial charge in [0.25, 0.3) is 0 Å². The number of ether oxygens (including phenoxy) is 3. The molecule has 0 saturated heterocycles. The molecule has 2 unspecified atom stereocenters. The number of hydrogen-bond acceptors (Lipinski definition) is 6. The van der Waals surface area contributed by atoms with Gasteiger partial charge in [0.2, 0.25) is 5.95 Å². The van der Waals surface area contributed by atoms with Crippen LogP contribution in [0.4, 0.5) is 10.3 Å². The molecule has 0 spiro atoms. The lowest BCUT2D eigenvalue weighted by atomic mass is 9.84. The highest BCUT2D eigenvalue weighted by Gasteiger charge is 2.42. The Morgan fingerprint density at radius 2 is 1.74 bits per heavy atom. The number of benzene rings is 3. The molecule has 2 aliphatic rings. The first-order valence-electron chi connectivity index (χ1n) is 10.8. The van der Waals surface area contributed by atoms with Crippen LogP contribution in [0.2, 0.25) is 0 Å². The lowest BCUT2D eigenvalue weighted by Gasteiger charge is -2.39. The Morgan fingerprint density at radius 1 is 0.941 bits per heavy atom. The van der Waals surface area contributed by atoms with E-state index in [9.17, 15) is 0 Å². The Labute approximate surface area is 195 Å². The Morgan fingerprint density at radius 3 is 2.56 bits per heavy atom. The fraction of sp³-hybridized carbons (Fsp3) is 0.154. The molecule has 1 N–H and O–H groups in total. The average Bonchev–Trinajstić information content (AvgIpc) is 3.35. The van der Waals surface area contributed by atoms with Crippen molar-refractivity contribution in [1.82, 2.24) is 14.8 Å². The third kappa shape index (κ3) is 2.95. The summed E-state index contributed by atoms with van der Waals surface area (Å²) in [5.41, 5.74) is 3.71. The molecule has 4 aromatic rings. The van der Waals surface area contributed by atoms with Gasteiger partial charge in [-0.05, 0) is 24.3 Å². The minimum Gasteiger partial charge on any atom is -0.493 e. The van der Waals surface area contributed by atoms with Crippen LogP contribution in [0.5, 0.6) is 17.2 Å². The number of nitrogens with zero attached hydrogens (tertiary/aromatic N) is 3. The van der Waals surface area contributed by atoms with Crippen molar-refractivity contribution in [3.05, 3.63) is 101 Å². The van der Waals surface area contributed by atoms with Crippen molar-refractivity contribution in [2.45, 2.75) is 12.1 Å². The summed E-state index contributed by atoms with van der Waals surface area (Å²) in [5.74, 6) is 2.03. The van der Waals surface area contributed by atoms with Crippen LogP contribution in [0.25, 0.3) is 5.70 Å². The maximum absolute atomic E-state index is 15.2. The Bertz CT molecular complexity index is 1430. The highest BCUT2D eigenvalue weighted by molar-refractivity contribution is 5.85. The molecule has 0 fully saturated rings. The van der Waals surface area contributed by atoms with Gasteiger partial charge in [-0.25, -0.2) is 9.07 Å². The third-order valence-corrected chi connectivity index (χ3v) is 6.24. The van der Waals surface area contributed by atoms with Gasteiger partial charge in [-0.15, -0.1) is 0 Å². The number of para-hydroxylation sites is 2. The fourth-order valence-corrected chi connectivity index (χ4v) is 4.79. The molecule has 0 bridgehead atoms. The second-order valence-corrected chi connectivity index (χ2v) is 7.98. The second kappa shape index (κ2) is 7.91. The smallest absolute Gasteiger partial charge is 0.226 e. The highest BCUT2D eigenvalue weighted by atomic mass is 19.1. The first-order valence-corrected chi connectivity index (χ1v) is 10.8. The van der Waals surface area contributed by atoms with Gasteiger partial charge in [-0.2, -0.15) is 10.1 Å². The van der Waals surface area contributed by atoms with E-state index in [0.29, 0.717) is 28.8 Å². The van der Waals surface area contributed by atoms with Gasteiger partial charge in [0.15, 0.2) is 17.6 Å². The molecule has 1 aromatic heterocycles. The van der Waals surface area contributed by atoms with Gasteiger partial charge >= 0.3 is 0 Å². The number of halogens is 1. The van der Waals surface area contributed by atoms with Gasteiger partial charge in [-0.1, -0.05) is 42.5 Å². The molecule has 6 rings (SSSR count). The summed E-state index contributed by atoms with van der Waals surface area (Å²) >= 11 is 0. The van der Waals surface area contributed by atoms with Crippen molar-refractivity contribution in [1.29, 1.82) is 0 Å². The maximum atomic E-state index is 15.2. The number of rotatable bonds is 4. The summed E-state index contributed by atoms with van der Waals surface area (Å²) in [6, 6.07) is 19.5. The number of hydrogen-bond donors (Lipinski definition) is 1. The first kappa shape index (κ1) is 20.3. The minimum absolute atomic E-state index is 0.335. The molecule has 7 nitrogen and oxygen atoms in total. The molecule has 170 valence electrons. The van der Waals surface area contributed by atoms with E-state index >= 15 is 4.39 Å². The normalized spacial score (nSPS) is 18.2. The van der Waals surface area contributed by atoms with Crippen molar-refractivity contribution in [3.63, 3.8) is 0 Å². The molecule has 2 aliphatic heterocycles. The lowest BCUT2D eigenvalue weighted by Crippen LogP contribution is -2.33. The van der Waals surface area contributed by atoms with Gasteiger partial charge in [-0.3, -0.25) is 0 Å². The monoisotopic (exact) mass is 456 g/mol. The Balaban J connectivity index is 1.66. The van der Waals surface area contributed by atoms with Gasteiger partial charge in [0, 0.05) is 22.3 Å². The van der Waals surface area contributed by atoms with Crippen LogP contribution < -0.4 is 19.5 Å². The van der Waals surface area contributed by atoms with E-state index in [1.165, 1.54) is 12.4 Å². The number of nitrogens with one attached hydrogen (secondary N) is 1. The highest BCUT2D eigenvalue weighted by Crippen LogP contribution is 2.52. The quantitative estimate of drug-likeness (QED) is 0.466. The Kier molecular flexibility index (Phi) is 4.72. The summed E-state index contributed by atoms with van der Waals surface area (Å²) in [5, 5.41) is 7.85. The summed E-state index contributed by atoms with van der Waals surface area (Å²) < 4.78 is 34.8. The van der Waals surface area contributed by atoms with Crippen LogP contribution in [0, 0.1) is 5.82 Å². The number of methoxy groups -OCH3 is 2. The standard InChI is InChI=1S/C26H21FN4O3/c1-32-20-13-7-10-17(24(20)33-2)25-21-22(16-9-4-6-12-19(16)34-25)30-26-28-14-29-31(26)23(21)15-8-3-5-11-18(15)27/h3-14,23,25H,1-2H3,(H,28,29,30). The maximum Gasteiger partial charge on any atom is 0.226 e. The van der Waals surface area contributed by atoms with E-state index in [0.717, 1.165) is 22.4 Å². The van der Waals surface area contributed by atoms with Gasteiger partial charge < -0.3 is 19.5 Å². The second-order valence-electron chi connectivity index (χ2n) is 7.98. The SMILES string of the molecule is COc1cccc(C2Oc3ccccc3C3=C2C(c2ccccc2F)n2ncnc2N3)c1OC. The zero-order valence-corrected chi connectivity index (χ0v) is 18.5. The fourth-order valence-electron chi connectivity index (χ4n) is 4.79. The summed E-state index contributed by atoms with van der Waals surface area (Å²) in [6.45, 7) is 0. The first-order chi connectivity index (χ1) is 16.7. The van der Waals surface area contributed by atoms with Crippen molar-refractivity contribution >= 4 is 11.6 Å². The number of anilines is 1. The number of fused-ring (bicyclic) bond motifs is 3. The lowest BCUT2D eigenvalue weighted by molar-refractivity contribution is 0.215. The summed E-state index contributed by atoms with van der Waals surface area (Å²) in [4.78, 5) is 4.38. The largest absolute Gasteiger partial charge is 0.493 e. The predicted molar refractivity (Wildman–Crippen MR) is 124 cm³/mol. The van der Waals surface area contributed by atoms with Crippen LogP contribution in [0.15, 0.2) is 78.6 Å². The third-order valence-electron chi connectivity index (χ3n) is 6.24. The van der Waals surface area contributed by atoms with Gasteiger partial charge in [0.05, 0.1) is 19.9 Å². The Hall–Kier alpha value is -4.33. The molecule has 8 heteroatoms. The predicted octanol–water partition coefficient (Wildman–Crippen LogP) is 4.99. The van der Waals surface area contributed by atoms with E-state index in [4.69, 9.17) is 14.2 Å². The molecule has 2 atom stereocenters. The van der Waals surface area contributed by atoms with Crippen LogP contribution in [-0.2, 0) is 0 Å². The van der Waals surface area contributed by atoms with Crippen molar-refractivity contribution in [3.8, 4) is 17.2 Å². The molecule has 3 heterocycles. The molecule has 3 aromatic carbocycles. The van der Waals surface area contributed by atoms with Crippen molar-refractivity contribution < 1.29 is 18.6 Å². The molecular weight excluding hydrogens is 435 g/mol. The van der Waals surface area contributed by atoms with Gasteiger partial charge in [0.1, 0.15) is 23.9 Å². The van der Waals surface area contributed by atoms with E-state index < -0.39 is 12.1 Å². The summed E-state index contributed by atoms with van der Waals surface area (Å²) in [6.07, 6.45) is 0.854. The van der Waals surface area contributed by atoms with E-state index in [-0.39, 0.29) is 5.82 Å². The number of aromatic nitrogens is 3. The molecular formula is C26H21FN4O3. The molecule has 0 saturated carbocycles. The average molecular weight is 456 g/mol. The van der Waals surface area contributed by atoms with Crippen LogP contribution in [0.1, 0.15) is 28.8 Å². The van der Waals surface area contributed by atoms with Crippen molar-refractivity contribution in [2.75, 3.05) is 19.5 Å². The summed E-state index contributed by atoms with van der Waals surface area (Å²) in [7, 11) is 3.19. The topological polar surface area (TPSA) is 70.4 Å². The van der Waals surface area contributed by atoms with Crippen LogP contribution in [0.3, 0.4) is 0 Å². The minimum atomic E-state index is -0.607. The molecule has 0 amide bonds. The van der Waals surface area contributed by atoms with Crippen LogP contribution in [-0.4, -0.2) is 29.0 Å². The molecule has 34 heavy (non-hydrogen) atoms. The van der Waals surface area contributed by atoms with Crippen molar-refractivity contribution in [2.24, 2.45) is 0 Å².